The highest BCUT2D eigenvalue weighted by molar-refractivity contribution is 5.76. The number of unbranched alkanes of at least 4 members (excludes halogenated alkanes) is 1. The molecule has 0 aliphatic heterocycles. The van der Waals surface area contributed by atoms with Gasteiger partial charge in [0.1, 0.15) is 0 Å². The summed E-state index contributed by atoms with van der Waals surface area (Å²) >= 11 is 0. The number of ether oxygens (including phenoxy) is 1. The van der Waals surface area contributed by atoms with Gasteiger partial charge in [0.05, 0.1) is 6.61 Å². The summed E-state index contributed by atoms with van der Waals surface area (Å²) in [5.41, 5.74) is 0. The van der Waals surface area contributed by atoms with Crippen LogP contribution in [0.1, 0.15) is 32.1 Å². The third-order valence-corrected chi connectivity index (χ3v) is 2.34. The van der Waals surface area contributed by atoms with Crippen molar-refractivity contribution in [3.63, 3.8) is 0 Å². The van der Waals surface area contributed by atoms with E-state index >= 15 is 0 Å². The maximum Gasteiger partial charge on any atom is 0.222 e. The highest BCUT2D eigenvalue weighted by Gasteiger charge is 2.01. The Hall–Kier alpha value is -1.14. The first-order chi connectivity index (χ1) is 8.70. The summed E-state index contributed by atoms with van der Waals surface area (Å²) < 4.78 is 4.78. The zero-order valence-corrected chi connectivity index (χ0v) is 11.0. The van der Waals surface area contributed by atoms with Gasteiger partial charge in [-0.15, -0.1) is 0 Å². The minimum atomic E-state index is -0.0360. The van der Waals surface area contributed by atoms with Crippen molar-refractivity contribution >= 4 is 11.8 Å². The van der Waals surface area contributed by atoms with Crippen molar-refractivity contribution in [2.75, 3.05) is 33.4 Å². The second-order valence-electron chi connectivity index (χ2n) is 3.98. The normalized spacial score (nSPS) is 10.1. The quantitative estimate of drug-likeness (QED) is 0.449. The van der Waals surface area contributed by atoms with Gasteiger partial charge >= 0.3 is 0 Å². The molecule has 3 N–H and O–H groups in total. The average Bonchev–Trinajstić information content (AvgIpc) is 2.36. The van der Waals surface area contributed by atoms with Gasteiger partial charge in [-0.2, -0.15) is 0 Å². The van der Waals surface area contributed by atoms with E-state index in [4.69, 9.17) is 9.84 Å². The van der Waals surface area contributed by atoms with Crippen molar-refractivity contribution < 1.29 is 19.4 Å². The molecule has 0 aliphatic carbocycles. The molecule has 0 aromatic heterocycles. The molecule has 0 spiro atoms. The minimum Gasteiger partial charge on any atom is -0.396 e. The Bertz CT molecular complexity index is 234. The van der Waals surface area contributed by atoms with Gasteiger partial charge in [-0.1, -0.05) is 0 Å². The Balaban J connectivity index is 3.28. The number of hydrogen-bond acceptors (Lipinski definition) is 4. The molecule has 106 valence electrons. The molecule has 6 heteroatoms. The molecular formula is C12H24N2O4. The van der Waals surface area contributed by atoms with Gasteiger partial charge in [-0.05, 0) is 19.3 Å². The van der Waals surface area contributed by atoms with Crippen LogP contribution in [0.5, 0.6) is 0 Å². The van der Waals surface area contributed by atoms with Crippen LogP contribution in [0, 0.1) is 0 Å². The summed E-state index contributed by atoms with van der Waals surface area (Å²) in [4.78, 5) is 22.4. The van der Waals surface area contributed by atoms with Crippen molar-refractivity contribution in [3.8, 4) is 0 Å². The molecular weight excluding hydrogens is 236 g/mol. The standard InChI is InChI=1S/C12H24N2O4/c1-18-10-6-12(17)14-8-4-7-13-11(16)5-2-3-9-15/h15H,2-10H2,1H3,(H,13,16)(H,14,17). The molecule has 0 saturated carbocycles. The summed E-state index contributed by atoms with van der Waals surface area (Å²) in [6.07, 6.45) is 2.88. The van der Waals surface area contributed by atoms with Crippen LogP contribution in [0.4, 0.5) is 0 Å². The topological polar surface area (TPSA) is 87.7 Å². The van der Waals surface area contributed by atoms with Crippen molar-refractivity contribution in [1.29, 1.82) is 0 Å². The van der Waals surface area contributed by atoms with Crippen molar-refractivity contribution in [3.05, 3.63) is 0 Å². The van der Waals surface area contributed by atoms with Gasteiger partial charge in [0.25, 0.3) is 0 Å². The summed E-state index contributed by atoms with van der Waals surface area (Å²) in [7, 11) is 1.56. The first kappa shape index (κ1) is 16.9. The molecule has 0 bridgehead atoms. The lowest BCUT2D eigenvalue weighted by atomic mass is 10.2. The van der Waals surface area contributed by atoms with E-state index in [-0.39, 0.29) is 18.4 Å². The van der Waals surface area contributed by atoms with Crippen molar-refractivity contribution in [1.82, 2.24) is 10.6 Å². The first-order valence-corrected chi connectivity index (χ1v) is 6.34. The monoisotopic (exact) mass is 260 g/mol. The number of carbonyl (C=O) groups excluding carboxylic acids is 2. The van der Waals surface area contributed by atoms with E-state index in [0.717, 1.165) is 0 Å². The number of methoxy groups -OCH3 is 1. The molecule has 18 heavy (non-hydrogen) atoms. The Morgan fingerprint density at radius 2 is 1.61 bits per heavy atom. The largest absolute Gasteiger partial charge is 0.396 e. The van der Waals surface area contributed by atoms with Crippen LogP contribution in [0.25, 0.3) is 0 Å². The molecule has 0 fully saturated rings. The fraction of sp³-hybridized carbons (Fsp3) is 0.833. The van der Waals surface area contributed by atoms with E-state index in [2.05, 4.69) is 10.6 Å². The Morgan fingerprint density at radius 3 is 2.17 bits per heavy atom. The van der Waals surface area contributed by atoms with Crippen LogP contribution in [0.15, 0.2) is 0 Å². The molecule has 0 unspecified atom stereocenters. The summed E-state index contributed by atoms with van der Waals surface area (Å²) in [6, 6.07) is 0. The second kappa shape index (κ2) is 12.3. The van der Waals surface area contributed by atoms with E-state index in [1.54, 1.807) is 7.11 Å². The molecule has 2 amide bonds. The maximum atomic E-state index is 11.3. The lowest BCUT2D eigenvalue weighted by Crippen LogP contribution is -2.30. The molecule has 0 aliphatic rings. The van der Waals surface area contributed by atoms with Crippen molar-refractivity contribution in [2.24, 2.45) is 0 Å². The van der Waals surface area contributed by atoms with Crippen LogP contribution in [0.2, 0.25) is 0 Å². The van der Waals surface area contributed by atoms with Gasteiger partial charge in [0.15, 0.2) is 0 Å². The van der Waals surface area contributed by atoms with Crippen LogP contribution in [-0.4, -0.2) is 50.3 Å². The van der Waals surface area contributed by atoms with Gasteiger partial charge in [0, 0.05) is 39.6 Å². The van der Waals surface area contributed by atoms with Crippen LogP contribution >= 0.6 is 0 Å². The van der Waals surface area contributed by atoms with E-state index in [1.807, 2.05) is 0 Å². The molecule has 0 aromatic rings. The van der Waals surface area contributed by atoms with Crippen molar-refractivity contribution in [2.45, 2.75) is 32.1 Å². The molecule has 0 aromatic carbocycles. The minimum absolute atomic E-state index is 0.00541. The number of aliphatic hydroxyl groups is 1. The van der Waals surface area contributed by atoms with Crippen LogP contribution < -0.4 is 10.6 Å². The lowest BCUT2D eigenvalue weighted by molar-refractivity contribution is -0.122. The van der Waals surface area contributed by atoms with E-state index in [1.165, 1.54) is 0 Å². The van der Waals surface area contributed by atoms with Gasteiger partial charge < -0.3 is 20.5 Å². The molecule has 0 atom stereocenters. The zero-order valence-electron chi connectivity index (χ0n) is 11.0. The third kappa shape index (κ3) is 11.3. The van der Waals surface area contributed by atoms with Gasteiger partial charge in [-0.3, -0.25) is 9.59 Å². The number of aliphatic hydroxyl groups excluding tert-OH is 1. The third-order valence-electron chi connectivity index (χ3n) is 2.34. The molecule has 0 radical (unpaired) electrons. The summed E-state index contributed by atoms with van der Waals surface area (Å²) in [5, 5.41) is 14.1. The predicted octanol–water partition coefficient (Wildman–Crippen LogP) is -0.192. The van der Waals surface area contributed by atoms with Gasteiger partial charge in [0.2, 0.25) is 11.8 Å². The Labute approximate surface area is 108 Å². The maximum absolute atomic E-state index is 11.3. The zero-order chi connectivity index (χ0) is 13.6. The average molecular weight is 260 g/mol. The Kier molecular flexibility index (Phi) is 11.5. The molecule has 0 heterocycles. The molecule has 6 nitrogen and oxygen atoms in total. The summed E-state index contributed by atoms with van der Waals surface area (Å²) in [6.45, 7) is 1.66. The van der Waals surface area contributed by atoms with E-state index < -0.39 is 0 Å². The van der Waals surface area contributed by atoms with E-state index in [9.17, 15) is 9.59 Å². The lowest BCUT2D eigenvalue weighted by Gasteiger charge is -2.06. The second-order valence-corrected chi connectivity index (χ2v) is 3.98. The number of hydrogen-bond donors (Lipinski definition) is 3. The van der Waals surface area contributed by atoms with E-state index in [0.29, 0.717) is 51.8 Å². The van der Waals surface area contributed by atoms with Gasteiger partial charge in [-0.25, -0.2) is 0 Å². The summed E-state index contributed by atoms with van der Waals surface area (Å²) in [5.74, 6) is -0.0414. The smallest absolute Gasteiger partial charge is 0.222 e. The van der Waals surface area contributed by atoms with Crippen LogP contribution in [-0.2, 0) is 14.3 Å². The highest BCUT2D eigenvalue weighted by atomic mass is 16.5. The number of amides is 2. The fourth-order valence-corrected chi connectivity index (χ4v) is 1.31. The Morgan fingerprint density at radius 1 is 1.00 bits per heavy atom. The SMILES string of the molecule is COCCC(=O)NCCCNC(=O)CCCCO. The number of nitrogens with one attached hydrogen (secondary N) is 2. The molecule has 0 saturated heterocycles. The van der Waals surface area contributed by atoms with Crippen LogP contribution in [0.3, 0.4) is 0 Å². The molecule has 0 rings (SSSR count). The predicted molar refractivity (Wildman–Crippen MR) is 68.1 cm³/mol. The fourth-order valence-electron chi connectivity index (χ4n) is 1.31. The number of carbonyl (C=O) groups is 2. The number of rotatable bonds is 11. The first-order valence-electron chi connectivity index (χ1n) is 6.34. The highest BCUT2D eigenvalue weighted by Crippen LogP contribution is 1.93.